The Kier molecular flexibility index (Phi) is 93.3. The number of allylic oxidation sites excluding steroid dienone is 3. The first-order valence-electron chi connectivity index (χ1n) is 24.5. The zero-order valence-electron chi connectivity index (χ0n) is 51.5. The molecule has 0 spiro atoms. The van der Waals surface area contributed by atoms with Crippen LogP contribution in [0.25, 0.3) is 6.08 Å². The van der Waals surface area contributed by atoms with E-state index in [9.17, 15) is 28.8 Å². The topological polar surface area (TPSA) is 226 Å². The number of nitrogens with zero attached hydrogens (tertiary/aromatic N) is 1. The number of imide groups is 1. The molecule has 1 aliphatic heterocycles. The smallest absolute Gasteiger partial charge is 0.332 e. The average Bonchev–Trinajstić information content (AvgIpc) is 3.80. The molecule has 0 unspecified atom stereocenters. The fourth-order valence-electron chi connectivity index (χ4n) is 3.46. The molecule has 0 atom stereocenters. The Morgan fingerprint density at radius 2 is 1.04 bits per heavy atom. The number of benzene rings is 1. The minimum Gasteiger partial charge on any atom is -0.505 e. The Morgan fingerprint density at radius 1 is 0.543 bits per heavy atom. The van der Waals surface area contributed by atoms with Gasteiger partial charge >= 0.3 is 17.9 Å². The third kappa shape index (κ3) is 92.3. The summed E-state index contributed by atoms with van der Waals surface area (Å²) in [5.41, 5.74) is 2.18. The summed E-state index contributed by atoms with van der Waals surface area (Å²) in [7, 11) is 17.1. The minimum atomic E-state index is -0.394. The molecule has 0 bridgehead atoms. The summed E-state index contributed by atoms with van der Waals surface area (Å²) in [6, 6.07) is 7.76. The molecule has 20 heteroatoms. The molecule has 81 heavy (non-hydrogen) atoms. The molecule has 464 valence electrons. The second-order valence-electron chi connectivity index (χ2n) is 14.3. The van der Waals surface area contributed by atoms with Gasteiger partial charge in [-0.1, -0.05) is 83.0 Å². The van der Waals surface area contributed by atoms with Gasteiger partial charge < -0.3 is 61.6 Å². The standard InChI is InChI=1S/C9H10O.C8H14O2.C7H9NO3.C6H10O3.C6H12O.C5H8O2.C5H10O2.C4H6O2.2C4H8O.C3H6O/c1-3-8-4-6-9(10-2)7-5-8;1-7(2)8(9)5-4-6-10-3;1-11-5-4-8-6(9)2-3-7(8)10;1-3-9-6(7)4-5-8-2;1-3-4-5-6-7-2;1-4(2)5(6)7-3;1-3-7-5-4-6-2;1-3-4(5)6-2;1-4(2)5-3;1-3-4-5-2;1-3-4-2/h3-7H,1H2,2H3;1,4-6H2,2-3H3;2-3H,4-5H2,1H3;3H,1,4-5H2,2H3;3H,1,4-6H2,2H3;1H2,2-3H3;3H,1,4-5H2,2H3;3H,1H2,2H3;1H2,2-3H3;3H,1,4H2,2H3;3H,1H2,2H3. The Bertz CT molecular complexity index is 1790. The van der Waals surface area contributed by atoms with E-state index in [-0.39, 0.29) is 36.0 Å². The fraction of sp³-hybridized carbons (Fsp3) is 0.443. The van der Waals surface area contributed by atoms with Crippen LogP contribution in [-0.4, -0.2) is 171 Å². The Labute approximate surface area is 486 Å². The summed E-state index contributed by atoms with van der Waals surface area (Å²) in [5.74, 6) is 0.202. The van der Waals surface area contributed by atoms with E-state index < -0.39 is 5.97 Å². The molecule has 2 amide bonds. The Hall–Kier alpha value is -7.46. The number of methoxy groups -OCH3 is 11. The number of ether oxygens (including phenoxy) is 13. The number of amides is 2. The van der Waals surface area contributed by atoms with Gasteiger partial charge in [0.05, 0.1) is 99.5 Å². The highest BCUT2D eigenvalue weighted by Gasteiger charge is 2.22. The molecule has 1 aliphatic rings. The van der Waals surface area contributed by atoms with Gasteiger partial charge in [-0.2, -0.15) is 0 Å². The quantitative estimate of drug-likeness (QED) is 0.0145. The number of ketones is 1. The van der Waals surface area contributed by atoms with Gasteiger partial charge in [-0.05, 0) is 63.3 Å². The molecule has 0 N–H and O–H groups in total. The molecule has 1 heterocycles. The number of Topliss-reactive ketones (excluding diaryl/α,β-unsaturated/α-hetero) is 1. The van der Waals surface area contributed by atoms with Crippen molar-refractivity contribution >= 4 is 41.6 Å². The van der Waals surface area contributed by atoms with Gasteiger partial charge in [0, 0.05) is 86.1 Å². The summed E-state index contributed by atoms with van der Waals surface area (Å²) < 4.78 is 59.5. The van der Waals surface area contributed by atoms with Crippen LogP contribution in [-0.2, 0) is 85.6 Å². The second-order valence-corrected chi connectivity index (χ2v) is 14.3. The van der Waals surface area contributed by atoms with Crippen LogP contribution in [0, 0.1) is 0 Å². The van der Waals surface area contributed by atoms with E-state index in [0.29, 0.717) is 63.8 Å². The van der Waals surface area contributed by atoms with E-state index in [1.165, 1.54) is 53.1 Å². The van der Waals surface area contributed by atoms with Crippen LogP contribution in [0.3, 0.4) is 0 Å². The average molecular weight is 1150 g/mol. The fourth-order valence-corrected chi connectivity index (χ4v) is 3.46. The summed E-state index contributed by atoms with van der Waals surface area (Å²) in [6.07, 6.45) is 16.7. The molecule has 0 aliphatic carbocycles. The van der Waals surface area contributed by atoms with Crippen molar-refractivity contribution in [2.75, 3.05) is 131 Å². The Morgan fingerprint density at radius 3 is 1.32 bits per heavy atom. The highest BCUT2D eigenvalue weighted by Crippen LogP contribution is 2.11. The van der Waals surface area contributed by atoms with E-state index in [2.05, 4.69) is 104 Å². The van der Waals surface area contributed by atoms with Crippen LogP contribution in [0.4, 0.5) is 0 Å². The zero-order chi connectivity index (χ0) is 64.5. The SMILES string of the molecule is C=C(C)C(=O)CCCOC.C=C(C)C(=O)OC.C=C(C)OC.C=CC(=O)OC.C=CCCCOC.C=CCOC.C=COC.C=COC(=O)CCOC.C=COCCOC.C=Cc1ccc(OC)cc1.COCCN1C(=O)C=CC1=O. The molecule has 0 saturated carbocycles. The van der Waals surface area contributed by atoms with Crippen molar-refractivity contribution in [2.24, 2.45) is 0 Å². The lowest BCUT2D eigenvalue weighted by Crippen LogP contribution is -2.32. The molecule has 20 nitrogen and oxygen atoms in total. The number of unbranched alkanes of at least 4 members (excludes halogenated alkanes) is 1. The predicted molar refractivity (Wildman–Crippen MR) is 324 cm³/mol. The summed E-state index contributed by atoms with van der Waals surface area (Å²) in [4.78, 5) is 64.2. The maximum atomic E-state index is 10.9. The molecule has 1 aromatic carbocycles. The van der Waals surface area contributed by atoms with Crippen LogP contribution in [0.2, 0.25) is 0 Å². The van der Waals surface area contributed by atoms with Crippen LogP contribution in [0.15, 0.2) is 156 Å². The van der Waals surface area contributed by atoms with E-state index in [4.69, 9.17) is 23.7 Å². The lowest BCUT2D eigenvalue weighted by Gasteiger charge is -2.11. The van der Waals surface area contributed by atoms with Crippen molar-refractivity contribution in [1.29, 1.82) is 0 Å². The van der Waals surface area contributed by atoms with Crippen molar-refractivity contribution in [3.05, 3.63) is 162 Å². The van der Waals surface area contributed by atoms with Gasteiger partial charge in [0.15, 0.2) is 5.78 Å². The monoisotopic (exact) mass is 1150 g/mol. The van der Waals surface area contributed by atoms with Crippen LogP contribution in [0.5, 0.6) is 5.75 Å². The molecule has 0 radical (unpaired) electrons. The van der Waals surface area contributed by atoms with Crippen molar-refractivity contribution in [3.8, 4) is 5.75 Å². The van der Waals surface area contributed by atoms with Gasteiger partial charge in [-0.25, -0.2) is 9.59 Å². The lowest BCUT2D eigenvalue weighted by molar-refractivity contribution is -0.139. The van der Waals surface area contributed by atoms with Crippen molar-refractivity contribution in [1.82, 2.24) is 4.90 Å². The van der Waals surface area contributed by atoms with E-state index >= 15 is 0 Å². The van der Waals surface area contributed by atoms with Gasteiger partial charge in [-0.15, -0.1) is 13.2 Å². The number of hydrogen-bond donors (Lipinski definition) is 0. The van der Waals surface area contributed by atoms with Crippen LogP contribution >= 0.6 is 0 Å². The van der Waals surface area contributed by atoms with Gasteiger partial charge in [0.1, 0.15) is 12.4 Å². The highest BCUT2D eigenvalue weighted by molar-refractivity contribution is 6.12. The van der Waals surface area contributed by atoms with E-state index in [1.54, 1.807) is 82.7 Å². The summed E-state index contributed by atoms with van der Waals surface area (Å²) >= 11 is 0. The minimum absolute atomic E-state index is 0.136. The maximum absolute atomic E-state index is 10.9. The van der Waals surface area contributed by atoms with Crippen LogP contribution < -0.4 is 4.74 Å². The molecule has 0 saturated heterocycles. The van der Waals surface area contributed by atoms with Gasteiger partial charge in [-0.3, -0.25) is 24.1 Å². The second kappa shape index (κ2) is 81.4. The van der Waals surface area contributed by atoms with Gasteiger partial charge in [0.25, 0.3) is 11.8 Å². The first-order chi connectivity index (χ1) is 38.5. The van der Waals surface area contributed by atoms with Crippen molar-refractivity contribution < 1.29 is 90.3 Å². The maximum Gasteiger partial charge on any atom is 0.332 e. The number of carbonyl (C=O) groups is 6. The zero-order valence-corrected chi connectivity index (χ0v) is 51.5. The number of carbonyl (C=O) groups excluding carboxylic acids is 6. The van der Waals surface area contributed by atoms with E-state index in [0.717, 1.165) is 60.2 Å². The number of rotatable bonds is 28. The number of hydrogen-bond acceptors (Lipinski definition) is 19. The third-order valence-corrected chi connectivity index (χ3v) is 7.71. The van der Waals surface area contributed by atoms with Crippen molar-refractivity contribution in [3.63, 3.8) is 0 Å². The first kappa shape index (κ1) is 92.9. The summed E-state index contributed by atoms with van der Waals surface area (Å²) in [6.45, 7) is 43.6. The summed E-state index contributed by atoms with van der Waals surface area (Å²) in [5, 5.41) is 0. The molecular formula is C61H101NO19. The van der Waals surface area contributed by atoms with E-state index in [1.807, 2.05) is 30.3 Å². The largest absolute Gasteiger partial charge is 0.505 e. The Balaban J connectivity index is -0.000000102. The normalized spacial score (nSPS) is 9.23. The molecule has 0 aromatic heterocycles. The van der Waals surface area contributed by atoms with Gasteiger partial charge in [0.2, 0.25) is 0 Å². The molecule has 0 fully saturated rings. The third-order valence-electron chi connectivity index (χ3n) is 7.71. The number of esters is 3. The molecular weight excluding hydrogens is 1050 g/mol. The molecule has 2 rings (SSSR count). The lowest BCUT2D eigenvalue weighted by atomic mass is 10.1. The molecule has 1 aromatic rings. The predicted octanol–water partition coefficient (Wildman–Crippen LogP) is 10.4. The van der Waals surface area contributed by atoms with Crippen molar-refractivity contribution in [2.45, 2.75) is 52.9 Å². The first-order valence-corrected chi connectivity index (χ1v) is 24.5. The van der Waals surface area contributed by atoms with Crippen LogP contribution in [0.1, 0.15) is 58.4 Å². The highest BCUT2D eigenvalue weighted by atomic mass is 16.5.